The molecule has 0 radical (unpaired) electrons. The number of halogens is 1. The van der Waals surface area contributed by atoms with Crippen LogP contribution < -0.4 is 16.6 Å². The van der Waals surface area contributed by atoms with E-state index in [0.717, 1.165) is 16.1 Å². The molecule has 0 aromatic carbocycles. The summed E-state index contributed by atoms with van der Waals surface area (Å²) in [6.45, 7) is 0.733. The molecule has 4 N–H and O–H groups in total. The maximum atomic E-state index is 5.26. The van der Waals surface area contributed by atoms with Crippen molar-refractivity contribution in [3.8, 4) is 0 Å². The fourth-order valence-electron chi connectivity index (χ4n) is 1.16. The highest BCUT2D eigenvalue weighted by Gasteiger charge is 1.99. The van der Waals surface area contributed by atoms with Gasteiger partial charge in [0.15, 0.2) is 0 Å². The minimum absolute atomic E-state index is 0.588. The summed E-state index contributed by atoms with van der Waals surface area (Å²) in [6, 6.07) is 5.84. The van der Waals surface area contributed by atoms with Crippen LogP contribution in [0.25, 0.3) is 0 Å². The molecule has 0 aliphatic heterocycles. The highest BCUT2D eigenvalue weighted by Crippen LogP contribution is 2.22. The van der Waals surface area contributed by atoms with Crippen molar-refractivity contribution < 1.29 is 0 Å². The third kappa shape index (κ3) is 2.91. The number of nitrogen functional groups attached to an aromatic ring is 1. The van der Waals surface area contributed by atoms with Crippen molar-refractivity contribution in [1.82, 2.24) is 9.97 Å². The Kier molecular flexibility index (Phi) is 3.70. The average Bonchev–Trinajstić information content (AvgIpc) is 2.73. The molecule has 7 heteroatoms. The zero-order valence-corrected chi connectivity index (χ0v) is 10.7. The number of thiophene rings is 1. The lowest BCUT2D eigenvalue weighted by molar-refractivity contribution is 1.09. The lowest BCUT2D eigenvalue weighted by atomic mass is 10.4. The van der Waals surface area contributed by atoms with Crippen molar-refractivity contribution in [3.05, 3.63) is 33.2 Å². The van der Waals surface area contributed by atoms with E-state index in [4.69, 9.17) is 5.84 Å². The van der Waals surface area contributed by atoms with Gasteiger partial charge in [-0.1, -0.05) is 0 Å². The minimum Gasteiger partial charge on any atom is -0.365 e. The number of nitrogens with one attached hydrogen (secondary N) is 2. The van der Waals surface area contributed by atoms with Crippen LogP contribution >= 0.6 is 27.3 Å². The fraction of sp³-hybridized carbons (Fsp3) is 0.111. The van der Waals surface area contributed by atoms with Crippen LogP contribution in [-0.2, 0) is 6.54 Å². The molecule has 5 nitrogen and oxygen atoms in total. The number of anilines is 2. The summed E-state index contributed by atoms with van der Waals surface area (Å²) in [4.78, 5) is 9.24. The third-order valence-electron chi connectivity index (χ3n) is 1.89. The normalized spacial score (nSPS) is 10.1. The Bertz CT molecular complexity index is 472. The summed E-state index contributed by atoms with van der Waals surface area (Å²) < 4.78 is 1.12. The molecule has 2 heterocycles. The molecule has 0 saturated heterocycles. The molecule has 0 spiro atoms. The van der Waals surface area contributed by atoms with Gasteiger partial charge >= 0.3 is 0 Å². The first-order valence-corrected chi connectivity index (χ1v) is 6.15. The Morgan fingerprint density at radius 2 is 2.12 bits per heavy atom. The number of aromatic nitrogens is 2. The molecule has 0 saturated carbocycles. The molecular weight excluding hydrogens is 290 g/mol. The van der Waals surface area contributed by atoms with E-state index in [1.165, 1.54) is 11.2 Å². The molecule has 16 heavy (non-hydrogen) atoms. The Balaban J connectivity index is 1.99. The van der Waals surface area contributed by atoms with Crippen LogP contribution in [0.15, 0.2) is 28.3 Å². The predicted octanol–water partition coefficient (Wildman–Crippen LogP) is 2.20. The minimum atomic E-state index is 0.588. The highest BCUT2D eigenvalue weighted by atomic mass is 79.9. The third-order valence-corrected chi connectivity index (χ3v) is 3.51. The number of rotatable bonds is 4. The van der Waals surface area contributed by atoms with E-state index in [2.05, 4.69) is 42.7 Å². The number of hydrogen-bond donors (Lipinski definition) is 3. The van der Waals surface area contributed by atoms with E-state index < -0.39 is 0 Å². The molecule has 0 bridgehead atoms. The molecule has 0 aliphatic rings. The van der Waals surface area contributed by atoms with E-state index in [0.29, 0.717) is 5.82 Å². The first-order chi connectivity index (χ1) is 7.78. The summed E-state index contributed by atoms with van der Waals surface area (Å²) >= 11 is 5.11. The van der Waals surface area contributed by atoms with Crippen LogP contribution in [0.4, 0.5) is 11.6 Å². The average molecular weight is 300 g/mol. The second kappa shape index (κ2) is 5.24. The zero-order valence-electron chi connectivity index (χ0n) is 8.27. The topological polar surface area (TPSA) is 75.9 Å². The van der Waals surface area contributed by atoms with Crippen molar-refractivity contribution in [2.24, 2.45) is 5.84 Å². The standard InChI is InChI=1S/C9H10BrN5S/c10-7-2-1-6(16-7)4-12-8-3-9(15-11)14-5-13-8/h1-3,5H,4,11H2,(H2,12,13,14,15). The molecule has 2 aromatic rings. The maximum Gasteiger partial charge on any atom is 0.145 e. The smallest absolute Gasteiger partial charge is 0.145 e. The summed E-state index contributed by atoms with van der Waals surface area (Å²) in [6.07, 6.45) is 1.46. The van der Waals surface area contributed by atoms with Gasteiger partial charge < -0.3 is 10.7 Å². The Morgan fingerprint density at radius 1 is 1.31 bits per heavy atom. The lowest BCUT2D eigenvalue weighted by Gasteiger charge is -2.04. The van der Waals surface area contributed by atoms with Crippen LogP contribution in [0.2, 0.25) is 0 Å². The van der Waals surface area contributed by atoms with Gasteiger partial charge in [0, 0.05) is 10.9 Å². The van der Waals surface area contributed by atoms with Crippen LogP contribution in [0.5, 0.6) is 0 Å². The molecule has 0 aliphatic carbocycles. The summed E-state index contributed by atoms with van der Waals surface area (Å²) in [5.41, 5.74) is 2.47. The molecule has 84 valence electrons. The van der Waals surface area contributed by atoms with Gasteiger partial charge in [-0.25, -0.2) is 15.8 Å². The number of nitrogens with zero attached hydrogens (tertiary/aromatic N) is 2. The lowest BCUT2D eigenvalue weighted by Crippen LogP contribution is -2.09. The molecule has 0 unspecified atom stereocenters. The Hall–Kier alpha value is -1.18. The van der Waals surface area contributed by atoms with Crippen molar-refractivity contribution in [2.75, 3.05) is 10.7 Å². The van der Waals surface area contributed by atoms with Crippen molar-refractivity contribution in [3.63, 3.8) is 0 Å². The second-order valence-electron chi connectivity index (χ2n) is 2.99. The Labute approximate surface area is 105 Å². The maximum absolute atomic E-state index is 5.26. The zero-order chi connectivity index (χ0) is 11.4. The molecule has 0 atom stereocenters. The number of hydrogen-bond acceptors (Lipinski definition) is 6. The molecule has 2 aromatic heterocycles. The van der Waals surface area contributed by atoms with Crippen molar-refractivity contribution >= 4 is 38.9 Å². The van der Waals surface area contributed by atoms with Crippen LogP contribution in [0.3, 0.4) is 0 Å². The van der Waals surface area contributed by atoms with E-state index in [9.17, 15) is 0 Å². The van der Waals surface area contributed by atoms with Gasteiger partial charge in [0.1, 0.15) is 18.0 Å². The van der Waals surface area contributed by atoms with Crippen molar-refractivity contribution in [1.29, 1.82) is 0 Å². The summed E-state index contributed by atoms with van der Waals surface area (Å²) in [5, 5.41) is 3.19. The molecule has 0 fully saturated rings. The Morgan fingerprint density at radius 3 is 2.81 bits per heavy atom. The van der Waals surface area contributed by atoms with Crippen molar-refractivity contribution in [2.45, 2.75) is 6.54 Å². The monoisotopic (exact) mass is 299 g/mol. The van der Waals surface area contributed by atoms with E-state index in [1.54, 1.807) is 17.4 Å². The van der Waals surface area contributed by atoms with Gasteiger partial charge in [-0.3, -0.25) is 0 Å². The largest absolute Gasteiger partial charge is 0.365 e. The van der Waals surface area contributed by atoms with Gasteiger partial charge in [0.05, 0.1) is 10.3 Å². The van der Waals surface area contributed by atoms with E-state index >= 15 is 0 Å². The first kappa shape index (κ1) is 11.3. The quantitative estimate of drug-likeness (QED) is 0.596. The van der Waals surface area contributed by atoms with Crippen LogP contribution in [0.1, 0.15) is 4.88 Å². The molecule has 2 rings (SSSR count). The number of nitrogens with two attached hydrogens (primary N) is 1. The van der Waals surface area contributed by atoms with Gasteiger partial charge in [-0.2, -0.15) is 0 Å². The fourth-order valence-corrected chi connectivity index (χ4v) is 2.58. The van der Waals surface area contributed by atoms with Gasteiger partial charge in [0.25, 0.3) is 0 Å². The molecule has 0 amide bonds. The van der Waals surface area contributed by atoms with Crippen LogP contribution in [-0.4, -0.2) is 9.97 Å². The van der Waals surface area contributed by atoms with Gasteiger partial charge in [-0.15, -0.1) is 11.3 Å². The summed E-state index contributed by atoms with van der Waals surface area (Å²) in [7, 11) is 0. The van der Waals surface area contributed by atoms with E-state index in [1.807, 2.05) is 6.07 Å². The van der Waals surface area contributed by atoms with Gasteiger partial charge in [0.2, 0.25) is 0 Å². The molecular formula is C9H10BrN5S. The first-order valence-electron chi connectivity index (χ1n) is 4.54. The van der Waals surface area contributed by atoms with E-state index in [-0.39, 0.29) is 0 Å². The number of hydrazine groups is 1. The van der Waals surface area contributed by atoms with Crippen LogP contribution in [0, 0.1) is 0 Å². The van der Waals surface area contributed by atoms with Gasteiger partial charge in [-0.05, 0) is 28.1 Å². The predicted molar refractivity (Wildman–Crippen MR) is 69.2 cm³/mol. The SMILES string of the molecule is NNc1cc(NCc2ccc(Br)s2)ncn1. The highest BCUT2D eigenvalue weighted by molar-refractivity contribution is 9.11. The second-order valence-corrected chi connectivity index (χ2v) is 5.54. The summed E-state index contributed by atoms with van der Waals surface area (Å²) in [5.74, 6) is 6.59.